The van der Waals surface area contributed by atoms with E-state index in [-0.39, 0.29) is 60.1 Å². The third-order valence-electron chi connectivity index (χ3n) is 6.91. The van der Waals surface area contributed by atoms with Gasteiger partial charge in [0, 0.05) is 25.8 Å². The number of imide groups is 1. The van der Waals surface area contributed by atoms with Crippen molar-refractivity contribution in [2.75, 3.05) is 24.5 Å². The molecule has 6 unspecified atom stereocenters. The van der Waals surface area contributed by atoms with Gasteiger partial charge in [-0.05, 0) is 43.7 Å². The molecule has 3 heterocycles. The molecule has 0 aromatic carbocycles. The van der Waals surface area contributed by atoms with Gasteiger partial charge in [-0.15, -0.1) is 0 Å². The van der Waals surface area contributed by atoms with Crippen LogP contribution in [0.3, 0.4) is 0 Å². The molecule has 31 heavy (non-hydrogen) atoms. The van der Waals surface area contributed by atoms with E-state index in [1.54, 1.807) is 6.20 Å². The number of hydrogen-bond acceptors (Lipinski definition) is 6. The van der Waals surface area contributed by atoms with Crippen LogP contribution in [0.4, 0.5) is 5.82 Å². The number of pyridine rings is 1. The Balaban J connectivity index is 1.14. The van der Waals surface area contributed by atoms with Gasteiger partial charge < -0.3 is 15.0 Å². The summed E-state index contributed by atoms with van der Waals surface area (Å²) in [6.07, 6.45) is 7.06. The summed E-state index contributed by atoms with van der Waals surface area (Å²) in [6, 6.07) is 3.89. The topological polar surface area (TPSA) is 91.8 Å². The molecular formula is C23H28N4O4. The lowest BCUT2D eigenvalue weighted by Gasteiger charge is -2.36. The van der Waals surface area contributed by atoms with Crippen molar-refractivity contribution in [1.82, 2.24) is 15.2 Å². The number of ether oxygens (including phenoxy) is 1. The first-order valence-electron chi connectivity index (χ1n) is 11.1. The van der Waals surface area contributed by atoms with Gasteiger partial charge in [-0.3, -0.25) is 19.3 Å². The summed E-state index contributed by atoms with van der Waals surface area (Å²) in [4.78, 5) is 45.7. The van der Waals surface area contributed by atoms with E-state index >= 15 is 0 Å². The second kappa shape index (κ2) is 7.75. The molecule has 1 aromatic heterocycles. The molecule has 2 bridgehead atoms. The minimum atomic E-state index is -0.332. The lowest BCUT2D eigenvalue weighted by Crippen LogP contribution is -2.45. The van der Waals surface area contributed by atoms with Crippen molar-refractivity contribution in [1.29, 1.82) is 0 Å². The summed E-state index contributed by atoms with van der Waals surface area (Å²) < 4.78 is 5.76. The van der Waals surface area contributed by atoms with Gasteiger partial charge in [0.25, 0.3) is 0 Å². The Morgan fingerprint density at radius 3 is 2.32 bits per heavy atom. The van der Waals surface area contributed by atoms with Crippen LogP contribution in [0.2, 0.25) is 0 Å². The normalized spacial score (nSPS) is 33.9. The first kappa shape index (κ1) is 20.2. The lowest BCUT2D eigenvalue weighted by molar-refractivity contribution is -0.144. The van der Waals surface area contributed by atoms with Crippen LogP contribution >= 0.6 is 0 Å². The van der Waals surface area contributed by atoms with Crippen LogP contribution in [-0.4, -0.2) is 59.4 Å². The average molecular weight is 425 g/mol. The summed E-state index contributed by atoms with van der Waals surface area (Å²) >= 11 is 0. The van der Waals surface area contributed by atoms with Gasteiger partial charge in [0.1, 0.15) is 12.4 Å². The van der Waals surface area contributed by atoms with Gasteiger partial charge in [0.05, 0.1) is 24.0 Å². The summed E-state index contributed by atoms with van der Waals surface area (Å²) in [7, 11) is 0. The number of morpholine rings is 1. The molecule has 8 nitrogen and oxygen atoms in total. The first-order valence-corrected chi connectivity index (χ1v) is 11.1. The third kappa shape index (κ3) is 3.63. The summed E-state index contributed by atoms with van der Waals surface area (Å²) in [5.74, 6) is -0.0515. The number of aromatic nitrogens is 1. The number of allylic oxidation sites excluding steroid dienone is 2. The standard InChI is InChI=1S/C23H28N4O4/c1-13-10-26(11-14(2)31-13)18-6-3-15(8-24-18)9-25-19(28)12-27-22(29)20-16-4-5-17(7-16)21(20)23(27)30/h3-6,8,13-14,16-17,20-21H,7,9-12H2,1-2H3,(H,25,28). The Morgan fingerprint density at radius 2 is 1.74 bits per heavy atom. The molecule has 1 saturated carbocycles. The van der Waals surface area contributed by atoms with Crippen molar-refractivity contribution < 1.29 is 19.1 Å². The summed E-state index contributed by atoms with van der Waals surface area (Å²) in [5, 5.41) is 2.81. The van der Waals surface area contributed by atoms with Crippen LogP contribution < -0.4 is 10.2 Å². The monoisotopic (exact) mass is 424 g/mol. The second-order valence-corrected chi connectivity index (χ2v) is 9.23. The lowest BCUT2D eigenvalue weighted by atomic mass is 9.85. The SMILES string of the molecule is CC1CN(c2ccc(CNC(=O)CN3C(=O)C4C5C=CC(C5)C4C3=O)cn2)CC(C)O1. The van der Waals surface area contributed by atoms with E-state index < -0.39 is 0 Å². The second-order valence-electron chi connectivity index (χ2n) is 9.23. The number of nitrogens with one attached hydrogen (secondary N) is 1. The van der Waals surface area contributed by atoms with Gasteiger partial charge in [0.2, 0.25) is 17.7 Å². The van der Waals surface area contributed by atoms with Gasteiger partial charge in [-0.1, -0.05) is 18.2 Å². The molecule has 164 valence electrons. The number of hydrogen-bond donors (Lipinski definition) is 1. The van der Waals surface area contributed by atoms with Gasteiger partial charge in [-0.2, -0.15) is 0 Å². The highest BCUT2D eigenvalue weighted by atomic mass is 16.5. The number of fused-ring (bicyclic) bond motifs is 5. The van der Waals surface area contributed by atoms with Crippen LogP contribution in [0.1, 0.15) is 25.8 Å². The Labute approximate surface area is 181 Å². The number of amides is 3. The van der Waals surface area contributed by atoms with E-state index in [2.05, 4.69) is 41.2 Å². The average Bonchev–Trinajstić information content (AvgIpc) is 3.42. The number of carbonyl (C=O) groups excluding carboxylic acids is 3. The van der Waals surface area contributed by atoms with Gasteiger partial charge in [-0.25, -0.2) is 4.98 Å². The van der Waals surface area contributed by atoms with Gasteiger partial charge >= 0.3 is 0 Å². The predicted octanol–water partition coefficient (Wildman–Crippen LogP) is 1.12. The summed E-state index contributed by atoms with van der Waals surface area (Å²) in [6.45, 7) is 5.79. The van der Waals surface area contributed by atoms with E-state index in [0.717, 1.165) is 35.8 Å². The molecule has 1 aromatic rings. The smallest absolute Gasteiger partial charge is 0.240 e. The molecule has 2 aliphatic heterocycles. The van der Waals surface area contributed by atoms with E-state index in [4.69, 9.17) is 4.74 Å². The zero-order chi connectivity index (χ0) is 21.7. The number of nitrogens with zero attached hydrogens (tertiary/aromatic N) is 3. The number of rotatable bonds is 5. The van der Waals surface area contributed by atoms with E-state index in [1.165, 1.54) is 0 Å². The molecule has 1 N–H and O–H groups in total. The Hall–Kier alpha value is -2.74. The van der Waals surface area contributed by atoms with Crippen LogP contribution in [0.15, 0.2) is 30.5 Å². The highest BCUT2D eigenvalue weighted by Crippen LogP contribution is 2.52. The maximum atomic E-state index is 12.7. The molecule has 5 rings (SSSR count). The molecule has 3 fully saturated rings. The highest BCUT2D eigenvalue weighted by molar-refractivity contribution is 6.08. The number of anilines is 1. The molecule has 0 spiro atoms. The minimum Gasteiger partial charge on any atom is -0.372 e. The number of carbonyl (C=O) groups is 3. The van der Waals surface area contributed by atoms with Crippen molar-refractivity contribution in [3.05, 3.63) is 36.0 Å². The molecule has 4 aliphatic rings. The van der Waals surface area contributed by atoms with Crippen molar-refractivity contribution in [3.8, 4) is 0 Å². The fourth-order valence-corrected chi connectivity index (χ4v) is 5.59. The van der Waals surface area contributed by atoms with E-state index in [0.29, 0.717) is 6.54 Å². The van der Waals surface area contributed by atoms with Crippen LogP contribution in [-0.2, 0) is 25.7 Å². The molecule has 0 radical (unpaired) electrons. The van der Waals surface area contributed by atoms with Crippen molar-refractivity contribution in [2.24, 2.45) is 23.7 Å². The van der Waals surface area contributed by atoms with E-state index in [9.17, 15) is 14.4 Å². The van der Waals surface area contributed by atoms with Crippen molar-refractivity contribution >= 4 is 23.5 Å². The summed E-state index contributed by atoms with van der Waals surface area (Å²) in [5.41, 5.74) is 0.865. The molecule has 2 saturated heterocycles. The zero-order valence-corrected chi connectivity index (χ0v) is 17.9. The fraction of sp³-hybridized carbons (Fsp3) is 0.565. The zero-order valence-electron chi connectivity index (χ0n) is 17.9. The largest absolute Gasteiger partial charge is 0.372 e. The highest BCUT2D eigenvalue weighted by Gasteiger charge is 2.59. The maximum Gasteiger partial charge on any atom is 0.240 e. The molecule has 8 heteroatoms. The predicted molar refractivity (Wildman–Crippen MR) is 113 cm³/mol. The minimum absolute atomic E-state index is 0.154. The van der Waals surface area contributed by atoms with Crippen LogP contribution in [0, 0.1) is 23.7 Å². The van der Waals surface area contributed by atoms with Crippen LogP contribution in [0.25, 0.3) is 0 Å². The Bertz CT molecular complexity index is 890. The van der Waals surface area contributed by atoms with Gasteiger partial charge in [0.15, 0.2) is 0 Å². The molecule has 6 atom stereocenters. The molecule has 3 amide bonds. The fourth-order valence-electron chi connectivity index (χ4n) is 5.59. The molecule has 2 aliphatic carbocycles. The first-order chi connectivity index (χ1) is 14.9. The Morgan fingerprint density at radius 1 is 1.10 bits per heavy atom. The van der Waals surface area contributed by atoms with E-state index in [1.807, 2.05) is 12.1 Å². The van der Waals surface area contributed by atoms with Crippen molar-refractivity contribution in [2.45, 2.75) is 39.0 Å². The molecular weight excluding hydrogens is 396 g/mol. The maximum absolute atomic E-state index is 12.7. The third-order valence-corrected chi connectivity index (χ3v) is 6.91. The van der Waals surface area contributed by atoms with Crippen LogP contribution in [0.5, 0.6) is 0 Å². The quantitative estimate of drug-likeness (QED) is 0.563. The number of likely N-dealkylation sites (tertiary alicyclic amines) is 1. The Kier molecular flexibility index (Phi) is 5.04. The van der Waals surface area contributed by atoms with Crippen molar-refractivity contribution in [3.63, 3.8) is 0 Å².